The molecule has 7 nitrogen and oxygen atoms in total. The van der Waals surface area contributed by atoms with Crippen molar-refractivity contribution in [3.8, 4) is 5.75 Å². The minimum atomic E-state index is -3.91. The molecule has 0 unspecified atom stereocenters. The van der Waals surface area contributed by atoms with Crippen LogP contribution < -0.4 is 4.74 Å². The first kappa shape index (κ1) is 16.0. The molecule has 0 amide bonds. The zero-order valence-corrected chi connectivity index (χ0v) is 13.0. The molecular formula is C14H16N2O5S. The number of benzene rings is 1. The number of hydrogen-bond acceptors (Lipinski definition) is 4. The quantitative estimate of drug-likeness (QED) is 0.887. The summed E-state index contributed by atoms with van der Waals surface area (Å²) in [6.45, 7) is 1.66. The Labute approximate surface area is 128 Å². The molecule has 1 aromatic rings. The largest absolute Gasteiger partial charge is 0.497 e. The van der Waals surface area contributed by atoms with Gasteiger partial charge in [0, 0.05) is 6.20 Å². The van der Waals surface area contributed by atoms with Crippen molar-refractivity contribution in [2.75, 3.05) is 7.11 Å². The highest BCUT2D eigenvalue weighted by Crippen LogP contribution is 2.21. The molecule has 0 fully saturated rings. The predicted octanol–water partition coefficient (Wildman–Crippen LogP) is 1.58. The molecule has 1 heterocycles. The Morgan fingerprint density at radius 2 is 1.95 bits per heavy atom. The number of nitrogens with zero attached hydrogens (tertiary/aromatic N) is 2. The molecule has 2 rings (SSSR count). The van der Waals surface area contributed by atoms with Crippen molar-refractivity contribution in [2.24, 2.45) is 4.40 Å². The predicted molar refractivity (Wildman–Crippen MR) is 80.9 cm³/mol. The van der Waals surface area contributed by atoms with Crippen molar-refractivity contribution in [1.29, 1.82) is 0 Å². The summed E-state index contributed by atoms with van der Waals surface area (Å²) in [6.07, 6.45) is 1.35. The van der Waals surface area contributed by atoms with Gasteiger partial charge in [0.1, 0.15) is 5.75 Å². The van der Waals surface area contributed by atoms with Gasteiger partial charge in [0.2, 0.25) is 0 Å². The fourth-order valence-electron chi connectivity index (χ4n) is 2.00. The lowest BCUT2D eigenvalue weighted by Crippen LogP contribution is -2.31. The fourth-order valence-corrected chi connectivity index (χ4v) is 3.16. The van der Waals surface area contributed by atoms with Crippen LogP contribution in [-0.2, 0) is 21.5 Å². The first-order valence-electron chi connectivity index (χ1n) is 6.56. The molecule has 0 radical (unpaired) electrons. The highest BCUT2D eigenvalue weighted by molar-refractivity contribution is 7.88. The number of ether oxygens (including phenoxy) is 1. The van der Waals surface area contributed by atoms with Gasteiger partial charge >= 0.3 is 16.2 Å². The van der Waals surface area contributed by atoms with Crippen LogP contribution in [0, 0.1) is 0 Å². The Kier molecular flexibility index (Phi) is 4.51. The lowest BCUT2D eigenvalue weighted by atomic mass is 10.1. The van der Waals surface area contributed by atoms with Crippen molar-refractivity contribution < 1.29 is 23.1 Å². The van der Waals surface area contributed by atoms with E-state index in [1.54, 1.807) is 31.2 Å². The van der Waals surface area contributed by atoms with Crippen molar-refractivity contribution in [2.45, 2.75) is 19.9 Å². The van der Waals surface area contributed by atoms with Crippen molar-refractivity contribution in [3.63, 3.8) is 0 Å². The van der Waals surface area contributed by atoms with Gasteiger partial charge in [-0.05, 0) is 24.1 Å². The van der Waals surface area contributed by atoms with Gasteiger partial charge in [0.25, 0.3) is 0 Å². The minimum Gasteiger partial charge on any atom is -0.497 e. The van der Waals surface area contributed by atoms with E-state index in [1.165, 1.54) is 7.11 Å². The molecule has 118 valence electrons. The summed E-state index contributed by atoms with van der Waals surface area (Å²) in [6, 6.07) is 6.83. The molecular weight excluding hydrogens is 308 g/mol. The van der Waals surface area contributed by atoms with E-state index < -0.39 is 16.2 Å². The number of carboxylic acids is 1. The highest BCUT2D eigenvalue weighted by atomic mass is 32.2. The molecule has 0 saturated heterocycles. The van der Waals surface area contributed by atoms with Crippen LogP contribution in [0.3, 0.4) is 0 Å². The van der Waals surface area contributed by atoms with E-state index >= 15 is 0 Å². The Bertz CT molecular complexity index is 735. The zero-order valence-electron chi connectivity index (χ0n) is 12.2. The maximum Gasteiger partial charge on any atom is 0.344 e. The van der Waals surface area contributed by atoms with Gasteiger partial charge in [0.15, 0.2) is 0 Å². The van der Waals surface area contributed by atoms with Gasteiger partial charge in [-0.25, -0.2) is 4.79 Å². The summed E-state index contributed by atoms with van der Waals surface area (Å²) in [7, 11) is -2.38. The third-order valence-electron chi connectivity index (χ3n) is 3.17. The summed E-state index contributed by atoms with van der Waals surface area (Å²) < 4.78 is 33.8. The smallest absolute Gasteiger partial charge is 0.344 e. The average molecular weight is 324 g/mol. The molecule has 1 aromatic carbocycles. The van der Waals surface area contributed by atoms with Crippen LogP contribution in [0.15, 0.2) is 40.4 Å². The van der Waals surface area contributed by atoms with Crippen LogP contribution in [0.1, 0.15) is 18.9 Å². The van der Waals surface area contributed by atoms with E-state index in [0.29, 0.717) is 11.3 Å². The molecule has 8 heteroatoms. The van der Waals surface area contributed by atoms with Crippen molar-refractivity contribution in [3.05, 3.63) is 41.6 Å². The number of rotatable bonds is 5. The second kappa shape index (κ2) is 6.18. The summed E-state index contributed by atoms with van der Waals surface area (Å²) in [5.41, 5.74) is 0.643. The number of carbonyl (C=O) groups is 1. The number of methoxy groups -OCH3 is 1. The van der Waals surface area contributed by atoms with Crippen LogP contribution in [-0.4, -0.2) is 36.6 Å². The number of hydrogen-bond donors (Lipinski definition) is 1. The highest BCUT2D eigenvalue weighted by Gasteiger charge is 2.29. The van der Waals surface area contributed by atoms with E-state index in [4.69, 9.17) is 4.74 Å². The van der Waals surface area contributed by atoms with Crippen molar-refractivity contribution in [1.82, 2.24) is 4.31 Å². The topological polar surface area (TPSA) is 96.3 Å². The second-order valence-corrected chi connectivity index (χ2v) is 6.16. The van der Waals surface area contributed by atoms with Gasteiger partial charge in [-0.1, -0.05) is 19.1 Å². The summed E-state index contributed by atoms with van der Waals surface area (Å²) in [4.78, 5) is 11.2. The lowest BCUT2D eigenvalue weighted by molar-refractivity contribution is -0.132. The Morgan fingerprint density at radius 1 is 1.32 bits per heavy atom. The fraction of sp³-hybridized carbons (Fsp3) is 0.286. The van der Waals surface area contributed by atoms with Crippen LogP contribution in [0.2, 0.25) is 0 Å². The summed E-state index contributed by atoms with van der Waals surface area (Å²) >= 11 is 0. The van der Waals surface area contributed by atoms with Crippen LogP contribution in [0.4, 0.5) is 0 Å². The Morgan fingerprint density at radius 3 is 2.45 bits per heavy atom. The first-order chi connectivity index (χ1) is 10.4. The molecule has 0 aliphatic carbocycles. The lowest BCUT2D eigenvalue weighted by Gasteiger charge is -2.23. The van der Waals surface area contributed by atoms with Crippen LogP contribution in [0.5, 0.6) is 5.75 Å². The van der Waals surface area contributed by atoms with Gasteiger partial charge < -0.3 is 9.84 Å². The Balaban J connectivity index is 2.32. The standard InChI is InChI=1S/C14H16N2O5S/c1-3-13-12(14(17)18)9-16(22(19,20)15-13)8-10-4-6-11(21-2)7-5-10/h4-7,9H,3,8H2,1-2H3,(H,17,18). The van der Waals surface area contributed by atoms with Gasteiger partial charge in [-0.2, -0.15) is 8.42 Å². The monoisotopic (exact) mass is 324 g/mol. The average Bonchev–Trinajstić information content (AvgIpc) is 2.49. The van der Waals surface area contributed by atoms with E-state index in [1.807, 2.05) is 0 Å². The van der Waals surface area contributed by atoms with E-state index in [-0.39, 0.29) is 24.3 Å². The zero-order chi connectivity index (χ0) is 16.3. The maximum absolute atomic E-state index is 12.1. The normalized spacial score (nSPS) is 16.7. The van der Waals surface area contributed by atoms with E-state index in [2.05, 4.69) is 4.40 Å². The molecule has 1 aliphatic heterocycles. The summed E-state index contributed by atoms with van der Waals surface area (Å²) in [5, 5.41) is 9.18. The molecule has 1 N–H and O–H groups in total. The van der Waals surface area contributed by atoms with Gasteiger partial charge in [0.05, 0.1) is 24.9 Å². The minimum absolute atomic E-state index is 0.00357. The van der Waals surface area contributed by atoms with Gasteiger partial charge in [-0.15, -0.1) is 4.40 Å². The molecule has 0 aromatic heterocycles. The van der Waals surface area contributed by atoms with E-state index in [9.17, 15) is 18.3 Å². The first-order valence-corrected chi connectivity index (χ1v) is 7.96. The van der Waals surface area contributed by atoms with Gasteiger partial charge in [-0.3, -0.25) is 4.31 Å². The third kappa shape index (κ3) is 3.28. The summed E-state index contributed by atoms with van der Waals surface area (Å²) in [5.74, 6) is -0.548. The Hall–Kier alpha value is -2.35. The second-order valence-electron chi connectivity index (χ2n) is 4.61. The number of carboxylic acid groups (broad SMARTS) is 1. The third-order valence-corrected chi connectivity index (χ3v) is 4.45. The molecule has 0 spiro atoms. The van der Waals surface area contributed by atoms with Crippen LogP contribution >= 0.6 is 0 Å². The molecule has 22 heavy (non-hydrogen) atoms. The number of aliphatic carboxylic acids is 1. The van der Waals surface area contributed by atoms with Crippen LogP contribution in [0.25, 0.3) is 0 Å². The van der Waals surface area contributed by atoms with Crippen molar-refractivity contribution >= 4 is 21.9 Å². The molecule has 1 aliphatic rings. The SMILES string of the molecule is CCC1=NS(=O)(=O)N(Cc2ccc(OC)cc2)C=C1C(=O)O. The molecule has 0 saturated carbocycles. The molecule has 0 atom stereocenters. The maximum atomic E-state index is 12.1. The molecule has 0 bridgehead atoms. The van der Waals surface area contributed by atoms with E-state index in [0.717, 1.165) is 10.5 Å².